The van der Waals surface area contributed by atoms with Crippen LogP contribution in [0.3, 0.4) is 0 Å². The molecule has 0 radical (unpaired) electrons. The van der Waals surface area contributed by atoms with Crippen molar-refractivity contribution in [2.24, 2.45) is 7.05 Å². The van der Waals surface area contributed by atoms with Gasteiger partial charge in [-0.3, -0.25) is 4.79 Å². The van der Waals surface area contributed by atoms with Crippen LogP contribution in [0.25, 0.3) is 21.3 Å². The second-order valence-electron chi connectivity index (χ2n) is 4.48. The van der Waals surface area contributed by atoms with Crippen LogP contribution in [0, 0.1) is 5.82 Å². The van der Waals surface area contributed by atoms with Gasteiger partial charge in [0.2, 0.25) is 0 Å². The maximum Gasteiger partial charge on any atom is 0.269 e. The van der Waals surface area contributed by atoms with E-state index in [0.717, 1.165) is 15.8 Å². The average Bonchev–Trinajstić information content (AvgIpc) is 2.99. The van der Waals surface area contributed by atoms with Gasteiger partial charge in [-0.2, -0.15) is 0 Å². The van der Waals surface area contributed by atoms with Crippen LogP contribution in [-0.2, 0) is 7.05 Å². The third-order valence-electron chi connectivity index (χ3n) is 3.38. The van der Waals surface area contributed by atoms with Crippen molar-refractivity contribution in [3.8, 4) is 11.3 Å². The first-order chi connectivity index (χ1) is 9.65. The summed E-state index contributed by atoms with van der Waals surface area (Å²) < 4.78 is 16.7. The van der Waals surface area contributed by atoms with E-state index in [2.05, 4.69) is 5.32 Å². The molecule has 1 aromatic carbocycles. The van der Waals surface area contributed by atoms with Crippen molar-refractivity contribution in [3.05, 3.63) is 47.2 Å². The molecule has 3 rings (SSSR count). The summed E-state index contributed by atoms with van der Waals surface area (Å²) in [4.78, 5) is 12.1. The zero-order chi connectivity index (χ0) is 14.3. The number of benzene rings is 1. The number of fused-ring (bicyclic) bond motifs is 1. The fourth-order valence-electron chi connectivity index (χ4n) is 2.48. The fourth-order valence-corrected chi connectivity index (χ4v) is 3.45. The highest BCUT2D eigenvalue weighted by molar-refractivity contribution is 7.17. The molecule has 5 heteroatoms. The van der Waals surface area contributed by atoms with Crippen LogP contribution in [0.2, 0.25) is 0 Å². The number of hydrogen-bond acceptors (Lipinski definition) is 2. The first-order valence-electron chi connectivity index (χ1n) is 6.18. The topological polar surface area (TPSA) is 34.0 Å². The van der Waals surface area contributed by atoms with Gasteiger partial charge in [-0.05, 0) is 23.6 Å². The van der Waals surface area contributed by atoms with Gasteiger partial charge in [0.25, 0.3) is 5.91 Å². The predicted octanol–water partition coefficient (Wildman–Crippen LogP) is 3.41. The molecule has 0 fully saturated rings. The molecule has 3 aromatic rings. The minimum Gasteiger partial charge on any atom is -0.354 e. The largest absolute Gasteiger partial charge is 0.354 e. The van der Waals surface area contributed by atoms with Gasteiger partial charge in [0.15, 0.2) is 0 Å². The van der Waals surface area contributed by atoms with Crippen molar-refractivity contribution in [2.75, 3.05) is 7.05 Å². The molecule has 2 aromatic heterocycles. The number of nitrogens with zero attached hydrogens (tertiary/aromatic N) is 1. The Kier molecular flexibility index (Phi) is 3.06. The van der Waals surface area contributed by atoms with Crippen molar-refractivity contribution >= 4 is 27.3 Å². The van der Waals surface area contributed by atoms with Crippen molar-refractivity contribution < 1.29 is 9.18 Å². The zero-order valence-electron chi connectivity index (χ0n) is 11.1. The van der Waals surface area contributed by atoms with Crippen molar-refractivity contribution in [3.63, 3.8) is 0 Å². The normalized spacial score (nSPS) is 10.9. The van der Waals surface area contributed by atoms with E-state index in [4.69, 9.17) is 0 Å². The Hall–Kier alpha value is -2.14. The van der Waals surface area contributed by atoms with Gasteiger partial charge in [-0.15, -0.1) is 11.3 Å². The average molecular weight is 288 g/mol. The van der Waals surface area contributed by atoms with E-state index in [0.29, 0.717) is 11.3 Å². The van der Waals surface area contributed by atoms with E-state index >= 15 is 0 Å². The summed E-state index contributed by atoms with van der Waals surface area (Å²) in [6, 6.07) is 8.54. The fraction of sp³-hybridized carbons (Fsp3) is 0.133. The molecule has 102 valence electrons. The maximum absolute atomic E-state index is 14.1. The van der Waals surface area contributed by atoms with Crippen LogP contribution >= 0.6 is 11.3 Å². The van der Waals surface area contributed by atoms with Gasteiger partial charge in [-0.25, -0.2) is 4.39 Å². The number of halogens is 1. The van der Waals surface area contributed by atoms with Gasteiger partial charge in [0.05, 0.1) is 10.4 Å². The Morgan fingerprint density at radius 3 is 2.75 bits per heavy atom. The molecule has 0 saturated heterocycles. The minimum absolute atomic E-state index is 0.164. The Balaban J connectivity index is 2.37. The molecular weight excluding hydrogens is 275 g/mol. The molecule has 0 aliphatic rings. The van der Waals surface area contributed by atoms with Crippen LogP contribution in [-0.4, -0.2) is 17.5 Å². The van der Waals surface area contributed by atoms with Gasteiger partial charge < -0.3 is 9.88 Å². The van der Waals surface area contributed by atoms with Gasteiger partial charge in [0.1, 0.15) is 11.5 Å². The summed E-state index contributed by atoms with van der Waals surface area (Å²) in [5.74, 6) is -0.452. The second kappa shape index (κ2) is 4.76. The highest BCUT2D eigenvalue weighted by Crippen LogP contribution is 2.37. The molecule has 1 N–H and O–H groups in total. The Bertz CT molecular complexity index is 803. The van der Waals surface area contributed by atoms with Gasteiger partial charge in [-0.1, -0.05) is 12.1 Å². The van der Waals surface area contributed by atoms with Crippen molar-refractivity contribution in [2.45, 2.75) is 0 Å². The first-order valence-corrected chi connectivity index (χ1v) is 7.06. The summed E-state index contributed by atoms with van der Waals surface area (Å²) in [5.41, 5.74) is 1.81. The van der Waals surface area contributed by atoms with Crippen LogP contribution in [0.1, 0.15) is 10.5 Å². The van der Waals surface area contributed by atoms with E-state index in [1.807, 2.05) is 11.4 Å². The number of hydrogen-bond donors (Lipinski definition) is 1. The third-order valence-corrected chi connectivity index (χ3v) is 4.30. The number of rotatable bonds is 2. The van der Waals surface area contributed by atoms with E-state index in [1.165, 1.54) is 17.4 Å². The molecule has 3 nitrogen and oxygen atoms in total. The minimum atomic E-state index is -0.287. The lowest BCUT2D eigenvalue weighted by Crippen LogP contribution is -2.21. The number of amides is 1. The van der Waals surface area contributed by atoms with E-state index in [-0.39, 0.29) is 11.7 Å². The molecule has 0 spiro atoms. The van der Waals surface area contributed by atoms with Crippen molar-refractivity contribution in [1.82, 2.24) is 9.88 Å². The Labute approximate surface area is 119 Å². The Morgan fingerprint density at radius 1 is 1.30 bits per heavy atom. The molecule has 20 heavy (non-hydrogen) atoms. The maximum atomic E-state index is 14.1. The van der Waals surface area contributed by atoms with E-state index in [9.17, 15) is 9.18 Å². The molecule has 0 aliphatic heterocycles. The smallest absolute Gasteiger partial charge is 0.269 e. The van der Waals surface area contributed by atoms with Gasteiger partial charge >= 0.3 is 0 Å². The van der Waals surface area contributed by atoms with Crippen molar-refractivity contribution in [1.29, 1.82) is 0 Å². The number of thiophene rings is 1. The van der Waals surface area contributed by atoms with Gasteiger partial charge in [0, 0.05) is 25.0 Å². The number of carbonyl (C=O) groups is 1. The summed E-state index contributed by atoms with van der Waals surface area (Å²) in [6.07, 6.45) is 0. The third kappa shape index (κ3) is 1.74. The van der Waals surface area contributed by atoms with Crippen LogP contribution < -0.4 is 5.32 Å². The molecule has 0 bridgehead atoms. The molecule has 0 atom stereocenters. The van der Waals surface area contributed by atoms with Crippen LogP contribution in [0.15, 0.2) is 35.7 Å². The monoisotopic (exact) mass is 288 g/mol. The standard InChI is InChI=1S/C15H13FN2OS/c1-17-15(19)13-14-10(7-8-20-14)12(18(13)2)9-5-3-4-6-11(9)16/h3-8H,1-2H3,(H,17,19). The SMILES string of the molecule is CNC(=O)c1c2sccc2c(-c2ccccc2F)n1C. The number of carbonyl (C=O) groups excluding carboxylic acids is 1. The zero-order valence-corrected chi connectivity index (χ0v) is 11.9. The summed E-state index contributed by atoms with van der Waals surface area (Å²) in [7, 11) is 3.39. The molecule has 0 unspecified atom stereocenters. The predicted molar refractivity (Wildman–Crippen MR) is 79.6 cm³/mol. The summed E-state index contributed by atoms with van der Waals surface area (Å²) in [6.45, 7) is 0. The lowest BCUT2D eigenvalue weighted by molar-refractivity contribution is 0.0957. The van der Waals surface area contributed by atoms with Crippen LogP contribution in [0.4, 0.5) is 4.39 Å². The highest BCUT2D eigenvalue weighted by Gasteiger charge is 2.22. The highest BCUT2D eigenvalue weighted by atomic mass is 32.1. The second-order valence-corrected chi connectivity index (χ2v) is 5.39. The quantitative estimate of drug-likeness (QED) is 0.770. The van der Waals surface area contributed by atoms with E-state index in [1.54, 1.807) is 36.9 Å². The molecule has 1 amide bonds. The van der Waals surface area contributed by atoms with E-state index < -0.39 is 0 Å². The number of aromatic nitrogens is 1. The number of nitrogens with one attached hydrogen (secondary N) is 1. The Morgan fingerprint density at radius 2 is 2.05 bits per heavy atom. The summed E-state index contributed by atoms with van der Waals surface area (Å²) in [5, 5.41) is 5.46. The molecule has 2 heterocycles. The molecule has 0 saturated carbocycles. The molecular formula is C15H13FN2OS. The molecule has 0 aliphatic carbocycles. The first kappa shape index (κ1) is 12.9. The van der Waals surface area contributed by atoms with Crippen LogP contribution in [0.5, 0.6) is 0 Å². The lowest BCUT2D eigenvalue weighted by atomic mass is 10.1. The summed E-state index contributed by atoms with van der Waals surface area (Å²) >= 11 is 1.49. The lowest BCUT2D eigenvalue weighted by Gasteiger charge is -2.08.